The zero-order chi connectivity index (χ0) is 18.5. The Balaban J connectivity index is 1.85. The van der Waals surface area contributed by atoms with E-state index in [0.717, 1.165) is 10.1 Å². The molecule has 0 saturated carbocycles. The van der Waals surface area contributed by atoms with Crippen molar-refractivity contribution in [1.29, 1.82) is 0 Å². The first-order valence-corrected chi connectivity index (χ1v) is 9.04. The fraction of sp³-hybridized carbons (Fsp3) is 0.200. The van der Waals surface area contributed by atoms with Crippen molar-refractivity contribution in [2.45, 2.75) is 19.3 Å². The number of rotatable bonds is 8. The number of aliphatic carboxylic acids is 1. The maximum atomic E-state index is 13.1. The monoisotopic (exact) mass is 372 g/mol. The SMILES string of the molecule is O=C(O)CCCCOc1c(C(=O)c2ccc(F)cc2)sc2ccccc12. The molecule has 0 atom stereocenters. The van der Waals surface area contributed by atoms with E-state index in [9.17, 15) is 14.0 Å². The van der Waals surface area contributed by atoms with Gasteiger partial charge in [-0.25, -0.2) is 4.39 Å². The summed E-state index contributed by atoms with van der Waals surface area (Å²) in [7, 11) is 0. The lowest BCUT2D eigenvalue weighted by Crippen LogP contribution is -2.05. The van der Waals surface area contributed by atoms with Gasteiger partial charge in [0.1, 0.15) is 16.4 Å². The summed E-state index contributed by atoms with van der Waals surface area (Å²) >= 11 is 1.34. The van der Waals surface area contributed by atoms with Crippen molar-refractivity contribution >= 4 is 33.2 Å². The number of thiophene rings is 1. The number of fused-ring (bicyclic) bond motifs is 1. The summed E-state index contributed by atoms with van der Waals surface area (Å²) in [5, 5.41) is 9.54. The lowest BCUT2D eigenvalue weighted by Gasteiger charge is -2.08. The van der Waals surface area contributed by atoms with Gasteiger partial charge >= 0.3 is 5.97 Å². The zero-order valence-corrected chi connectivity index (χ0v) is 14.7. The minimum atomic E-state index is -0.835. The topological polar surface area (TPSA) is 63.6 Å². The van der Waals surface area contributed by atoms with Crippen molar-refractivity contribution in [2.75, 3.05) is 6.61 Å². The molecule has 2 aromatic carbocycles. The summed E-state index contributed by atoms with van der Waals surface area (Å²) in [6.45, 7) is 0.331. The molecule has 1 aromatic heterocycles. The third-order valence-electron chi connectivity index (χ3n) is 3.89. The highest BCUT2D eigenvalue weighted by Gasteiger charge is 2.21. The number of carbonyl (C=O) groups excluding carboxylic acids is 1. The average molecular weight is 372 g/mol. The van der Waals surface area contributed by atoms with Crippen LogP contribution in [0.3, 0.4) is 0 Å². The fourth-order valence-electron chi connectivity index (χ4n) is 2.60. The third-order valence-corrected chi connectivity index (χ3v) is 5.04. The van der Waals surface area contributed by atoms with Gasteiger partial charge in [-0.2, -0.15) is 0 Å². The van der Waals surface area contributed by atoms with Crippen molar-refractivity contribution in [1.82, 2.24) is 0 Å². The second-order valence-corrected chi connectivity index (χ2v) is 6.84. The zero-order valence-electron chi connectivity index (χ0n) is 13.9. The first-order chi connectivity index (χ1) is 12.6. The van der Waals surface area contributed by atoms with E-state index in [1.807, 2.05) is 24.3 Å². The Hall–Kier alpha value is -2.73. The Bertz CT molecular complexity index is 931. The van der Waals surface area contributed by atoms with Crippen LogP contribution >= 0.6 is 11.3 Å². The Morgan fingerprint density at radius 1 is 1.04 bits per heavy atom. The molecule has 0 saturated heterocycles. The molecule has 0 spiro atoms. The number of benzene rings is 2. The molecule has 0 fully saturated rings. The van der Waals surface area contributed by atoms with E-state index < -0.39 is 11.8 Å². The van der Waals surface area contributed by atoms with Crippen LogP contribution in [0.4, 0.5) is 4.39 Å². The molecule has 1 heterocycles. The van der Waals surface area contributed by atoms with E-state index in [0.29, 0.717) is 35.6 Å². The highest BCUT2D eigenvalue weighted by atomic mass is 32.1. The lowest BCUT2D eigenvalue weighted by molar-refractivity contribution is -0.137. The van der Waals surface area contributed by atoms with Gasteiger partial charge in [0.2, 0.25) is 5.78 Å². The van der Waals surface area contributed by atoms with Gasteiger partial charge in [-0.1, -0.05) is 12.1 Å². The quantitative estimate of drug-likeness (QED) is 0.451. The van der Waals surface area contributed by atoms with Gasteiger partial charge in [-0.05, 0) is 49.2 Å². The van der Waals surface area contributed by atoms with E-state index in [1.54, 1.807) is 0 Å². The summed E-state index contributed by atoms with van der Waals surface area (Å²) in [5.74, 6) is -0.937. The molecule has 134 valence electrons. The van der Waals surface area contributed by atoms with Crippen LogP contribution in [-0.4, -0.2) is 23.5 Å². The molecule has 3 rings (SSSR count). The number of halogens is 1. The fourth-order valence-corrected chi connectivity index (χ4v) is 3.71. The molecule has 0 aliphatic rings. The molecule has 3 aromatic rings. The maximum absolute atomic E-state index is 13.1. The summed E-state index contributed by atoms with van der Waals surface area (Å²) in [6, 6.07) is 13.0. The molecule has 0 unspecified atom stereocenters. The summed E-state index contributed by atoms with van der Waals surface area (Å²) in [4.78, 5) is 23.9. The lowest BCUT2D eigenvalue weighted by atomic mass is 10.1. The summed E-state index contributed by atoms with van der Waals surface area (Å²) in [6.07, 6.45) is 1.19. The minimum Gasteiger partial charge on any atom is -0.491 e. The second kappa shape index (κ2) is 8.10. The predicted octanol–water partition coefficient (Wildman–Crippen LogP) is 4.91. The number of unbranched alkanes of at least 4 members (excludes halogenated alkanes) is 1. The molecular formula is C20H17FO4S. The molecule has 0 bridgehead atoms. The predicted molar refractivity (Wildman–Crippen MR) is 98.6 cm³/mol. The van der Waals surface area contributed by atoms with Crippen LogP contribution in [0.25, 0.3) is 10.1 Å². The number of ketones is 1. The third kappa shape index (κ3) is 4.08. The normalized spacial score (nSPS) is 10.8. The second-order valence-electron chi connectivity index (χ2n) is 5.79. The van der Waals surface area contributed by atoms with Gasteiger partial charge in [0.05, 0.1) is 6.61 Å². The van der Waals surface area contributed by atoms with Crippen LogP contribution in [0.5, 0.6) is 5.75 Å². The summed E-state index contributed by atoms with van der Waals surface area (Å²) < 4.78 is 19.9. The summed E-state index contributed by atoms with van der Waals surface area (Å²) in [5.41, 5.74) is 0.397. The minimum absolute atomic E-state index is 0.0924. The highest BCUT2D eigenvalue weighted by Crippen LogP contribution is 2.39. The Labute approximate surface area is 153 Å². The van der Waals surface area contributed by atoms with Gasteiger partial charge in [0.25, 0.3) is 0 Å². The van der Waals surface area contributed by atoms with Gasteiger partial charge < -0.3 is 9.84 Å². The number of carboxylic acids is 1. The molecule has 0 amide bonds. The van der Waals surface area contributed by atoms with Crippen LogP contribution in [0.2, 0.25) is 0 Å². The van der Waals surface area contributed by atoms with Crippen LogP contribution in [0.1, 0.15) is 34.5 Å². The van der Waals surface area contributed by atoms with Crippen LogP contribution < -0.4 is 4.74 Å². The average Bonchev–Trinajstić information content (AvgIpc) is 3.00. The first kappa shape index (κ1) is 18.1. The van der Waals surface area contributed by atoms with E-state index >= 15 is 0 Å². The number of hydrogen-bond donors (Lipinski definition) is 1. The Kier molecular flexibility index (Phi) is 5.63. The molecule has 26 heavy (non-hydrogen) atoms. The molecule has 1 N–H and O–H groups in total. The van der Waals surface area contributed by atoms with Crippen molar-refractivity contribution in [3.63, 3.8) is 0 Å². The molecule has 0 aliphatic heterocycles. The number of carboxylic acid groups (broad SMARTS) is 1. The standard InChI is InChI=1S/C20H17FO4S/c21-14-10-8-13(9-11-14)18(24)20-19(25-12-4-3-7-17(22)23)15-5-1-2-6-16(15)26-20/h1-2,5-6,8-11H,3-4,7,12H2,(H,22,23). The largest absolute Gasteiger partial charge is 0.491 e. The van der Waals surface area contributed by atoms with Gasteiger partial charge in [0.15, 0.2) is 0 Å². The molecule has 0 radical (unpaired) electrons. The highest BCUT2D eigenvalue weighted by molar-refractivity contribution is 7.21. The van der Waals surface area contributed by atoms with Crippen LogP contribution in [-0.2, 0) is 4.79 Å². The van der Waals surface area contributed by atoms with Crippen LogP contribution in [0.15, 0.2) is 48.5 Å². The van der Waals surface area contributed by atoms with Crippen molar-refractivity contribution in [2.24, 2.45) is 0 Å². The van der Waals surface area contributed by atoms with Gasteiger partial charge in [-0.15, -0.1) is 11.3 Å². The van der Waals surface area contributed by atoms with E-state index in [4.69, 9.17) is 9.84 Å². The first-order valence-electron chi connectivity index (χ1n) is 8.22. The molecular weight excluding hydrogens is 355 g/mol. The molecule has 4 nitrogen and oxygen atoms in total. The van der Waals surface area contributed by atoms with E-state index in [2.05, 4.69) is 0 Å². The number of ether oxygens (including phenoxy) is 1. The van der Waals surface area contributed by atoms with Crippen molar-refractivity contribution in [3.05, 3.63) is 64.8 Å². The Morgan fingerprint density at radius 2 is 1.77 bits per heavy atom. The van der Waals surface area contributed by atoms with Gasteiger partial charge in [0, 0.05) is 22.1 Å². The van der Waals surface area contributed by atoms with E-state index in [-0.39, 0.29) is 12.2 Å². The molecule has 0 aliphatic carbocycles. The maximum Gasteiger partial charge on any atom is 0.303 e. The van der Waals surface area contributed by atoms with E-state index in [1.165, 1.54) is 35.6 Å². The van der Waals surface area contributed by atoms with Crippen molar-refractivity contribution in [3.8, 4) is 5.75 Å². The molecule has 6 heteroatoms. The van der Waals surface area contributed by atoms with Gasteiger partial charge in [-0.3, -0.25) is 9.59 Å². The Morgan fingerprint density at radius 3 is 2.50 bits per heavy atom. The number of carbonyl (C=O) groups is 2. The van der Waals surface area contributed by atoms with Crippen molar-refractivity contribution < 1.29 is 23.8 Å². The number of hydrogen-bond acceptors (Lipinski definition) is 4. The van der Waals surface area contributed by atoms with Crippen LogP contribution in [0, 0.1) is 5.82 Å². The smallest absolute Gasteiger partial charge is 0.303 e.